The maximum Gasteiger partial charge on any atom is 0.303 e. The van der Waals surface area contributed by atoms with Crippen LogP contribution >= 0.6 is 45.0 Å². The van der Waals surface area contributed by atoms with Crippen molar-refractivity contribution in [3.05, 3.63) is 156 Å². The van der Waals surface area contributed by atoms with Gasteiger partial charge in [0, 0.05) is 97.8 Å². The number of carbonyl (C=O) groups excluding carboxylic acids is 16. The SMILES string of the molecule is BSSC[C@@H](NC(=O)C(CCCCNC(=O)CCCCCCCCCCCCCCCCC(=O)O)NC(=O)CNC(=O)CNC(=O)CNC(=O)[C@@H](CCCCN)NC(=O)[C@@H](Cc1ccc(O)cc1)NC(=O)[C@@H](CCSC)NC(=O)[C@@H](CCSC)NC(=O)[C@@H](C)NC(=O)[C@@H](Cc1c[nH]c2ccccc12)NC(=O)[C@H]1CCCN1C(=O)[C@@H](Cc1c[nH]cn1)NC(=O)[C@@H](Cc1c[nH]c2ccccc12)NC(=O)[C@H](N)Cc1ccccc1)C(N)=O. The predicted octanol–water partition coefficient (Wildman–Crippen LogP) is 3.79. The average Bonchev–Trinajstić information content (AvgIpc) is 1.73. The van der Waals surface area contributed by atoms with Crippen LogP contribution in [0.15, 0.2) is 128 Å². The summed E-state index contributed by atoms with van der Waals surface area (Å²) >= 11 is 2.69. The Morgan fingerprint density at radius 1 is 0.450 bits per heavy atom. The third-order valence-corrected chi connectivity index (χ3v) is 28.7. The molecule has 1 fully saturated rings. The molecule has 4 heterocycles. The second-order valence-electron chi connectivity index (χ2n) is 37.2. The number of para-hydroxylation sites is 2. The van der Waals surface area contributed by atoms with Gasteiger partial charge in [-0.25, -0.2) is 4.98 Å². The lowest BCUT2D eigenvalue weighted by Gasteiger charge is -2.31. The van der Waals surface area contributed by atoms with Crippen molar-refractivity contribution >= 4 is 174 Å². The first-order valence-electron chi connectivity index (χ1n) is 51.3. The van der Waals surface area contributed by atoms with E-state index in [2.05, 4.69) is 94.4 Å². The molecule has 0 spiro atoms. The van der Waals surface area contributed by atoms with Gasteiger partial charge in [0.15, 0.2) is 7.12 Å². The number of fused-ring (bicyclic) bond motifs is 2. The number of carboxylic acid groups (broad SMARTS) is 1. The number of carboxylic acids is 1. The van der Waals surface area contributed by atoms with Gasteiger partial charge in [0.05, 0.1) is 37.7 Å². The molecule has 1 saturated heterocycles. The van der Waals surface area contributed by atoms with Gasteiger partial charge in [-0.1, -0.05) is 156 Å². The third kappa shape index (κ3) is 44.2. The molecule has 25 N–H and O–H groups in total. The molecule has 46 heteroatoms. The normalized spacial score (nSPS) is 14.5. The lowest BCUT2D eigenvalue weighted by Crippen LogP contribution is -2.60. The molecule has 16 amide bonds. The highest BCUT2D eigenvalue weighted by atomic mass is 33.1. The molecule has 1 aliphatic heterocycles. The smallest absolute Gasteiger partial charge is 0.303 e. The van der Waals surface area contributed by atoms with Crippen LogP contribution in [0, 0.1) is 0 Å². The number of aromatic nitrogens is 4. The van der Waals surface area contributed by atoms with Gasteiger partial charge in [0.1, 0.15) is 72.2 Å². The van der Waals surface area contributed by atoms with Gasteiger partial charge in [-0.3, -0.25) is 81.5 Å². The number of hydrogen-bond acceptors (Lipinski definition) is 25. The van der Waals surface area contributed by atoms with Gasteiger partial charge in [-0.05, 0) is 167 Å². The molecule has 4 aromatic carbocycles. The minimum absolute atomic E-state index is 0.00851. The van der Waals surface area contributed by atoms with Gasteiger partial charge in [0.25, 0.3) is 0 Å². The van der Waals surface area contributed by atoms with Crippen molar-refractivity contribution < 1.29 is 91.7 Å². The van der Waals surface area contributed by atoms with Gasteiger partial charge < -0.3 is 122 Å². The van der Waals surface area contributed by atoms with E-state index in [4.69, 9.17) is 22.3 Å². The van der Waals surface area contributed by atoms with Crippen molar-refractivity contribution in [2.24, 2.45) is 17.2 Å². The molecule has 41 nitrogen and oxygen atoms in total. The summed E-state index contributed by atoms with van der Waals surface area (Å²) in [4.78, 5) is 252. The van der Waals surface area contributed by atoms with Crippen molar-refractivity contribution in [2.75, 3.05) is 69.0 Å². The average molecular weight is 2140 g/mol. The Hall–Kier alpha value is -12.7. The van der Waals surface area contributed by atoms with Crippen LogP contribution in [0.4, 0.5) is 0 Å². The molecule has 1 aliphatic rings. The Labute approximate surface area is 886 Å². The summed E-state index contributed by atoms with van der Waals surface area (Å²) in [6.45, 7) is -0.0846. The first-order chi connectivity index (χ1) is 71.8. The summed E-state index contributed by atoms with van der Waals surface area (Å²) in [6.07, 6.45) is 27.1. The van der Waals surface area contributed by atoms with Crippen LogP contribution in [-0.4, -0.2) is 284 Å². The number of nitrogens with one attached hydrogen (secondary N) is 17. The van der Waals surface area contributed by atoms with Crippen LogP contribution in [0.25, 0.3) is 21.8 Å². The minimum Gasteiger partial charge on any atom is -0.508 e. The van der Waals surface area contributed by atoms with Crippen molar-refractivity contribution in [2.45, 2.75) is 278 Å². The Morgan fingerprint density at radius 2 is 0.913 bits per heavy atom. The van der Waals surface area contributed by atoms with Crippen LogP contribution in [0.2, 0.25) is 0 Å². The van der Waals surface area contributed by atoms with Crippen molar-refractivity contribution in [3.63, 3.8) is 0 Å². The molecule has 0 bridgehead atoms. The van der Waals surface area contributed by atoms with Gasteiger partial charge in [-0.15, -0.1) is 10.8 Å². The van der Waals surface area contributed by atoms with Gasteiger partial charge in [-0.2, -0.15) is 34.2 Å². The maximum absolute atomic E-state index is 15.3. The number of nitrogens with zero attached hydrogens (tertiary/aromatic N) is 2. The summed E-state index contributed by atoms with van der Waals surface area (Å²) in [5.41, 5.74) is 22.4. The van der Waals surface area contributed by atoms with E-state index in [9.17, 15) is 72.2 Å². The first-order valence-corrected chi connectivity index (χ1v) is 56.8. The highest BCUT2D eigenvalue weighted by Crippen LogP contribution is 2.27. The van der Waals surface area contributed by atoms with Crippen molar-refractivity contribution in [1.29, 1.82) is 0 Å². The molecule has 0 aliphatic carbocycles. The summed E-state index contributed by atoms with van der Waals surface area (Å²) < 4.78 is 0. The summed E-state index contributed by atoms with van der Waals surface area (Å²) in [5.74, 6) is -12.0. The summed E-state index contributed by atoms with van der Waals surface area (Å²) in [7, 11) is 4.43. The van der Waals surface area contributed by atoms with Crippen LogP contribution in [-0.2, 0) is 114 Å². The van der Waals surface area contributed by atoms with Crippen molar-refractivity contribution in [3.8, 4) is 5.75 Å². The second-order valence-corrected chi connectivity index (χ2v) is 41.8. The largest absolute Gasteiger partial charge is 0.508 e. The highest BCUT2D eigenvalue weighted by Gasteiger charge is 2.42. The number of imidazole rings is 1. The Morgan fingerprint density at radius 3 is 1.46 bits per heavy atom. The number of benzene rings is 4. The summed E-state index contributed by atoms with van der Waals surface area (Å²) in [5, 5.41) is 58.3. The van der Waals surface area contributed by atoms with Crippen molar-refractivity contribution in [1.82, 2.24) is 99.3 Å². The number of carbonyl (C=O) groups is 17. The number of H-pyrrole nitrogens is 3. The lowest BCUT2D eigenvalue weighted by atomic mass is 10.0. The number of amides is 16. The summed E-state index contributed by atoms with van der Waals surface area (Å²) in [6, 6.07) is 14.1. The zero-order chi connectivity index (χ0) is 108. The zero-order valence-corrected chi connectivity index (χ0v) is 88.7. The molecule has 149 heavy (non-hydrogen) atoms. The molecule has 0 radical (unpaired) electrons. The molecule has 12 atom stereocenters. The maximum atomic E-state index is 15.3. The van der Waals surface area contributed by atoms with Crippen LogP contribution < -0.4 is 91.6 Å². The van der Waals surface area contributed by atoms with Gasteiger partial charge >= 0.3 is 5.97 Å². The van der Waals surface area contributed by atoms with E-state index in [1.165, 1.54) is 119 Å². The van der Waals surface area contributed by atoms with E-state index < -0.39 is 187 Å². The number of phenolic OH excluding ortho intramolecular Hbond substituents is 1. The lowest BCUT2D eigenvalue weighted by molar-refractivity contribution is -0.142. The van der Waals surface area contributed by atoms with Crippen LogP contribution in [0.1, 0.15) is 202 Å². The van der Waals surface area contributed by atoms with E-state index in [-0.39, 0.29) is 107 Å². The second kappa shape index (κ2) is 67.4. The number of rotatable bonds is 73. The predicted molar refractivity (Wildman–Crippen MR) is 580 cm³/mol. The number of nitrogens with two attached hydrogens (primary N) is 3. The van der Waals surface area contributed by atoms with E-state index in [0.717, 1.165) is 85.2 Å². The fraction of sp³-hybridized carbons (Fsp3) is 0.534. The van der Waals surface area contributed by atoms with Gasteiger partial charge in [0.2, 0.25) is 94.5 Å². The molecule has 8 rings (SSSR count). The molecule has 0 saturated carbocycles. The standard InChI is InChI=1S/C103H149BN22O19S4/c1-65(116-99(141)82(54-68-57-110-75-34-23-21-32-72(68)75)123-102(144)86-38-29-49-126(86)103(145)84(56-70-59-108-64-115-70)124-101(143)83(55-69-58-111-76-35-24-22-33-73(69)76)121-94(136)74(106)52-66-30-17-16-18-31-66)93(135)118-79(45-50-146-2)97(139)120-80(46-51-147-3)98(140)122-81(53-67-41-43-71(127)44-42-67)100(142)119-77(36-25-27-47-105)95(137)114-61-89(130)112-60-88(129)113-62-90(131)117-78(96(138)125-85(92(107)134)63-148-149-104)37-26-28-48-109-87(128)39-19-14-12-10-8-6-4-5-7-9-11-13-15-20-40-91(132)133/h16-18,21-24,30-35,41-44,57-59,64-65,74,77-86,110-111,127H,4-15,19-20,25-29,36-40,45-56,60-63,104-106H2,1-3H3,(H2,107,134)(H,108,115)(H,109,128)(H,112,130)(H,113,129)(H,114,137)(H,116,141)(H,117,131)(H,118,135)(H,119,142)(H,120,139)(H,121,136)(H,122,140)(H,123,144)(H,124,143)(H,125,138)(H,132,133)/t65-,74-,77-,78?,79-,80-,81-,82-,83-,84-,85-,86-/m1/s1. The molecule has 1 unspecified atom stereocenters. The third-order valence-electron chi connectivity index (χ3n) is 25.6. The Balaban J connectivity index is 0.858. The molecule has 812 valence electrons. The van der Waals surface area contributed by atoms with E-state index in [1.807, 2.05) is 72.8 Å². The fourth-order valence-corrected chi connectivity index (χ4v) is 19.5. The fourth-order valence-electron chi connectivity index (χ4n) is 17.3. The Bertz CT molecular complexity index is 5460. The Kier molecular flexibility index (Phi) is 55.0. The number of likely N-dealkylation sites (tertiary alicyclic amines) is 1. The van der Waals surface area contributed by atoms with E-state index >= 15 is 14.4 Å². The topological polar surface area (TPSA) is 641 Å². The number of hydrogen-bond donors (Lipinski definition) is 22. The monoisotopic (exact) mass is 2140 g/mol. The zero-order valence-electron chi connectivity index (χ0n) is 85.4. The number of aliphatic carboxylic acids is 1. The first kappa shape index (κ1) is 122. The number of aromatic hydroxyl groups is 1. The number of phenols is 1. The molecule has 3 aromatic heterocycles. The molecule has 7 aromatic rings. The van der Waals surface area contributed by atoms with E-state index in [1.54, 1.807) is 44.3 Å². The number of unbranched alkanes of at least 4 members (excludes halogenated alkanes) is 15. The quantitative estimate of drug-likeness (QED) is 0.0146. The minimum atomic E-state index is -1.49. The van der Waals surface area contributed by atoms with Crippen LogP contribution in [0.5, 0.6) is 5.75 Å². The molecular weight excluding hydrogens is 1990 g/mol. The molecular formula is C103H149BN22O19S4. The number of primary amides is 1. The number of thioether (sulfide) groups is 2. The number of aromatic amines is 3. The highest BCUT2D eigenvalue weighted by molar-refractivity contribution is 8.84. The van der Waals surface area contributed by atoms with E-state index in [0.29, 0.717) is 73.2 Å². The van der Waals surface area contributed by atoms with Crippen LogP contribution in [0.3, 0.4) is 0 Å².